The largest absolute Gasteiger partial charge is 0.382 e. The van der Waals surface area contributed by atoms with Crippen LogP contribution in [-0.2, 0) is 44.1 Å². The van der Waals surface area contributed by atoms with Crippen LogP contribution in [0.25, 0.3) is 0 Å². The van der Waals surface area contributed by atoms with Crippen LogP contribution in [0.3, 0.4) is 0 Å². The Kier molecular flexibility index (Phi) is 9.41. The van der Waals surface area contributed by atoms with E-state index in [9.17, 15) is 30.8 Å². The van der Waals surface area contributed by atoms with E-state index in [0.717, 1.165) is 20.4 Å². The highest BCUT2D eigenvalue weighted by Crippen LogP contribution is 2.37. The topological polar surface area (TPSA) is 113 Å². The van der Waals surface area contributed by atoms with Gasteiger partial charge in [0.25, 0.3) is 12.9 Å². The van der Waals surface area contributed by atoms with Crippen molar-refractivity contribution in [3.8, 4) is 5.75 Å². The van der Waals surface area contributed by atoms with Gasteiger partial charge in [-0.2, -0.15) is 13.5 Å². The fourth-order valence-corrected chi connectivity index (χ4v) is 6.93. The molecule has 2 aliphatic rings. The van der Waals surface area contributed by atoms with Crippen molar-refractivity contribution >= 4 is 50.0 Å². The Labute approximate surface area is 256 Å². The van der Waals surface area contributed by atoms with Gasteiger partial charge in [0.2, 0.25) is 12.2 Å². The second-order valence-corrected chi connectivity index (χ2v) is 13.4. The van der Waals surface area contributed by atoms with Crippen molar-refractivity contribution in [3.63, 3.8) is 0 Å². The van der Waals surface area contributed by atoms with E-state index in [1.165, 1.54) is 16.2 Å². The average molecular weight is 745 g/mol. The van der Waals surface area contributed by atoms with Crippen LogP contribution >= 0.6 is 33.9 Å². The van der Waals surface area contributed by atoms with Gasteiger partial charge in [0.1, 0.15) is 29.4 Å². The molecule has 17 heteroatoms. The number of hydrogen-bond donors (Lipinski definition) is 0. The summed E-state index contributed by atoms with van der Waals surface area (Å²) in [6.45, 7) is 0.358. The molecule has 1 saturated heterocycles. The van der Waals surface area contributed by atoms with Crippen molar-refractivity contribution in [2.24, 2.45) is 0 Å². The number of carbonyl (C=O) groups is 1. The van der Waals surface area contributed by atoms with E-state index in [1.54, 1.807) is 12.1 Å². The molecule has 2 aromatic heterocycles. The summed E-state index contributed by atoms with van der Waals surface area (Å²) in [6, 6.07) is 3.95. The van der Waals surface area contributed by atoms with Crippen LogP contribution in [0.1, 0.15) is 71.1 Å². The van der Waals surface area contributed by atoms with E-state index in [4.69, 9.17) is 18.6 Å². The van der Waals surface area contributed by atoms with Gasteiger partial charge in [0.05, 0.1) is 24.5 Å². The summed E-state index contributed by atoms with van der Waals surface area (Å²) in [4.78, 5) is 19.0. The number of amides is 1. The lowest BCUT2D eigenvalue weighted by molar-refractivity contribution is -0.155. The van der Waals surface area contributed by atoms with Crippen LogP contribution in [0.4, 0.5) is 17.6 Å². The van der Waals surface area contributed by atoms with Crippen molar-refractivity contribution in [2.75, 3.05) is 19.3 Å². The lowest BCUT2D eigenvalue weighted by Crippen LogP contribution is -2.40. The first-order chi connectivity index (χ1) is 19.9. The quantitative estimate of drug-likeness (QED) is 0.174. The van der Waals surface area contributed by atoms with E-state index < -0.39 is 53.1 Å². The molecule has 2 aliphatic heterocycles. The molecule has 228 valence electrons. The molecule has 0 bridgehead atoms. The Morgan fingerprint density at radius 1 is 1.14 bits per heavy atom. The van der Waals surface area contributed by atoms with Crippen molar-refractivity contribution in [1.29, 1.82) is 0 Å². The molecule has 10 nitrogen and oxygen atoms in total. The number of piperidine rings is 1. The number of benzene rings is 1. The van der Waals surface area contributed by atoms with Gasteiger partial charge in [-0.3, -0.25) is 9.48 Å². The molecule has 0 saturated carbocycles. The number of aromatic nitrogens is 3. The summed E-state index contributed by atoms with van der Waals surface area (Å²) < 4.78 is 94.5. The summed E-state index contributed by atoms with van der Waals surface area (Å²) >= 11 is 3.57. The summed E-state index contributed by atoms with van der Waals surface area (Å²) in [5.74, 6) is -0.254. The molecule has 1 unspecified atom stereocenters. The van der Waals surface area contributed by atoms with Gasteiger partial charge in [0, 0.05) is 39.1 Å². The number of carbonyl (C=O) groups excluding carboxylic acids is 1. The summed E-state index contributed by atoms with van der Waals surface area (Å²) in [6.07, 6.45) is -4.73. The van der Waals surface area contributed by atoms with E-state index >= 15 is 0 Å². The van der Waals surface area contributed by atoms with E-state index in [1.807, 2.05) is 5.38 Å². The molecule has 0 radical (unpaired) electrons. The molecule has 1 fully saturated rings. The van der Waals surface area contributed by atoms with Crippen LogP contribution in [-0.4, -0.2) is 53.3 Å². The Morgan fingerprint density at radius 2 is 1.83 bits per heavy atom. The molecule has 1 aromatic carbocycles. The monoisotopic (exact) mass is 744 g/mol. The van der Waals surface area contributed by atoms with Crippen molar-refractivity contribution in [3.05, 3.63) is 60.4 Å². The Balaban J connectivity index is 1.20. The molecular formula is C25H25F4IN4O6S2. The lowest BCUT2D eigenvalue weighted by atomic mass is 9.97. The highest BCUT2D eigenvalue weighted by molar-refractivity contribution is 14.1. The third kappa shape index (κ3) is 7.06. The lowest BCUT2D eigenvalue weighted by Gasteiger charge is -2.31. The summed E-state index contributed by atoms with van der Waals surface area (Å²) in [7, 11) is -3.74. The summed E-state index contributed by atoms with van der Waals surface area (Å²) in [5.41, 5.74) is 0.412. The zero-order valence-corrected chi connectivity index (χ0v) is 25.8. The van der Waals surface area contributed by atoms with Gasteiger partial charge in [-0.15, -0.1) is 11.3 Å². The van der Waals surface area contributed by atoms with Gasteiger partial charge in [-0.1, -0.05) is 0 Å². The maximum atomic E-state index is 13.3. The number of fused-ring (bicyclic) bond motifs is 1. The highest BCUT2D eigenvalue weighted by atomic mass is 127. The maximum Gasteiger partial charge on any atom is 0.306 e. The number of halogens is 5. The molecule has 0 aliphatic carbocycles. The number of ether oxygens (including phenoxy) is 2. The molecule has 1 amide bonds. The predicted molar refractivity (Wildman–Crippen MR) is 150 cm³/mol. The fourth-order valence-electron chi connectivity index (χ4n) is 4.80. The van der Waals surface area contributed by atoms with Crippen LogP contribution in [0.15, 0.2) is 23.6 Å². The van der Waals surface area contributed by atoms with Crippen molar-refractivity contribution in [1.82, 2.24) is 19.7 Å². The average Bonchev–Trinajstić information content (AvgIpc) is 3.52. The van der Waals surface area contributed by atoms with Gasteiger partial charge in [0.15, 0.2) is 0 Å². The van der Waals surface area contributed by atoms with E-state index in [2.05, 4.69) is 27.7 Å². The van der Waals surface area contributed by atoms with Crippen LogP contribution in [0, 0.1) is 3.57 Å². The molecule has 42 heavy (non-hydrogen) atoms. The van der Waals surface area contributed by atoms with Crippen molar-refractivity contribution in [2.45, 2.75) is 57.7 Å². The minimum absolute atomic E-state index is 0.0400. The van der Waals surface area contributed by atoms with Crippen LogP contribution in [0.5, 0.6) is 5.75 Å². The number of likely N-dealkylation sites (tertiary alicyclic amines) is 1. The molecular weight excluding hydrogens is 719 g/mol. The fraction of sp³-hybridized carbons (Fsp3) is 0.480. The standard InChI is InChI=1S/C25H25F4IN4O6S2/c1-42(36,37)40-20-3-2-16(30)14-10-38-25(39-11-15(14)20)18-12-41-24(31-18)13-4-6-33(7-5-13)21(35)9-34-19(23(28)29)8-17(32-34)22(26)27/h2-3,8,12-13,22-23,25H,4-7,9-11H2,1H3. The SMILES string of the molecule is CS(=O)(=O)Oc1ccc(I)c2c1COC(c1csc(C3CCN(C(=O)Cn4nc(C(F)F)cc4C(F)F)CC3)n1)OC2. The number of thiazole rings is 1. The smallest absolute Gasteiger partial charge is 0.306 e. The first kappa shape index (κ1) is 31.1. The molecule has 1 atom stereocenters. The zero-order chi connectivity index (χ0) is 30.2. The minimum Gasteiger partial charge on any atom is -0.382 e. The van der Waals surface area contributed by atoms with Gasteiger partial charge >= 0.3 is 10.1 Å². The van der Waals surface area contributed by atoms with Gasteiger partial charge in [-0.25, -0.2) is 22.5 Å². The Hall–Kier alpha value is -2.35. The Morgan fingerprint density at radius 3 is 2.48 bits per heavy atom. The minimum atomic E-state index is -3.74. The molecule has 3 aromatic rings. The second kappa shape index (κ2) is 12.7. The Bertz CT molecular complexity index is 1560. The molecule has 4 heterocycles. The summed E-state index contributed by atoms with van der Waals surface area (Å²) in [5, 5.41) is 6.15. The number of rotatable bonds is 8. The first-order valence-electron chi connectivity index (χ1n) is 12.7. The number of alkyl halides is 4. The number of nitrogens with zero attached hydrogens (tertiary/aromatic N) is 4. The van der Waals surface area contributed by atoms with Crippen molar-refractivity contribution < 1.29 is 44.4 Å². The maximum absolute atomic E-state index is 13.3. The van der Waals surface area contributed by atoms with Crippen LogP contribution in [0.2, 0.25) is 0 Å². The third-order valence-electron chi connectivity index (χ3n) is 6.87. The van der Waals surface area contributed by atoms with Gasteiger partial charge < -0.3 is 18.6 Å². The van der Waals surface area contributed by atoms with E-state index in [-0.39, 0.29) is 24.9 Å². The normalized spacial score (nSPS) is 18.4. The molecule has 0 N–H and O–H groups in total. The highest BCUT2D eigenvalue weighted by Gasteiger charge is 2.30. The zero-order valence-electron chi connectivity index (χ0n) is 22.0. The second-order valence-electron chi connectivity index (χ2n) is 9.76. The molecule has 5 rings (SSSR count). The van der Waals surface area contributed by atoms with E-state index in [0.29, 0.717) is 47.9 Å². The number of hydrogen-bond acceptors (Lipinski definition) is 9. The van der Waals surface area contributed by atoms with Gasteiger partial charge in [-0.05, 0) is 53.6 Å². The van der Waals surface area contributed by atoms with Crippen LogP contribution < -0.4 is 4.18 Å². The predicted octanol–water partition coefficient (Wildman–Crippen LogP) is 5.31. The molecule has 0 spiro atoms. The first-order valence-corrected chi connectivity index (χ1v) is 16.5. The third-order valence-corrected chi connectivity index (χ3v) is 9.39.